The van der Waals surface area contributed by atoms with E-state index in [-0.39, 0.29) is 47.9 Å². The lowest BCUT2D eigenvalue weighted by Crippen LogP contribution is -2.48. The molecule has 0 bridgehead atoms. The summed E-state index contributed by atoms with van der Waals surface area (Å²) >= 11 is 0. The van der Waals surface area contributed by atoms with Gasteiger partial charge in [0.25, 0.3) is 0 Å². The predicted molar refractivity (Wildman–Crippen MR) is 130 cm³/mol. The number of aliphatic imine (C=N–C) groups is 1. The zero-order chi connectivity index (χ0) is 20.7. The van der Waals surface area contributed by atoms with Crippen LogP contribution in [-0.2, 0) is 9.53 Å². The molecule has 1 saturated carbocycles. The second-order valence-electron chi connectivity index (χ2n) is 8.27. The van der Waals surface area contributed by atoms with Crippen molar-refractivity contribution in [3.05, 3.63) is 29.8 Å². The van der Waals surface area contributed by atoms with Crippen molar-refractivity contribution < 1.29 is 14.3 Å². The Morgan fingerprint density at radius 3 is 2.77 bits per heavy atom. The minimum Gasteiger partial charge on any atom is -0.493 e. The van der Waals surface area contributed by atoms with Crippen LogP contribution in [0.1, 0.15) is 43.7 Å². The minimum absolute atomic E-state index is 0. The van der Waals surface area contributed by atoms with Gasteiger partial charge in [0.15, 0.2) is 5.96 Å². The number of rotatable bonds is 8. The summed E-state index contributed by atoms with van der Waals surface area (Å²) in [6, 6.07) is 8.20. The normalized spacial score (nSPS) is 19.4. The van der Waals surface area contributed by atoms with E-state index in [0.29, 0.717) is 12.6 Å². The lowest BCUT2D eigenvalue weighted by Gasteiger charge is -2.42. The van der Waals surface area contributed by atoms with Crippen LogP contribution in [0, 0.1) is 5.41 Å². The van der Waals surface area contributed by atoms with Crippen LogP contribution < -0.4 is 15.4 Å². The highest BCUT2D eigenvalue weighted by atomic mass is 127. The van der Waals surface area contributed by atoms with E-state index in [1.165, 1.54) is 19.3 Å². The lowest BCUT2D eigenvalue weighted by molar-refractivity contribution is -0.127. The summed E-state index contributed by atoms with van der Waals surface area (Å²) in [4.78, 5) is 18.2. The molecule has 0 spiro atoms. The molecule has 8 heteroatoms. The Balaban J connectivity index is 0.00000320. The number of amides is 1. The van der Waals surface area contributed by atoms with Crippen LogP contribution in [0.3, 0.4) is 0 Å². The van der Waals surface area contributed by atoms with Crippen molar-refractivity contribution in [3.63, 3.8) is 0 Å². The zero-order valence-corrected chi connectivity index (χ0v) is 20.6. The first-order valence-electron chi connectivity index (χ1n) is 10.5. The average Bonchev–Trinajstić information content (AvgIpc) is 2.70. The summed E-state index contributed by atoms with van der Waals surface area (Å²) in [6.07, 6.45) is 5.56. The van der Waals surface area contributed by atoms with Gasteiger partial charge in [0.1, 0.15) is 12.3 Å². The van der Waals surface area contributed by atoms with E-state index < -0.39 is 0 Å². The monoisotopic (exact) mass is 530 g/mol. The topological polar surface area (TPSA) is 75.2 Å². The molecule has 168 valence electrons. The number of carbonyl (C=O) groups excluding carboxylic acids is 1. The maximum Gasteiger partial charge on any atom is 0.243 e. The predicted octanol–water partition coefficient (Wildman–Crippen LogP) is 2.96. The number of ether oxygens (including phenoxy) is 2. The Kier molecular flexibility index (Phi) is 9.67. The highest BCUT2D eigenvalue weighted by Crippen LogP contribution is 2.43. The summed E-state index contributed by atoms with van der Waals surface area (Å²) in [5, 5.41) is 7.06. The maximum absolute atomic E-state index is 12.1. The molecule has 1 atom stereocenters. The summed E-state index contributed by atoms with van der Waals surface area (Å²) in [5.41, 5.74) is 1.39. The standard InChI is InChI=1S/C22H34N4O3.HI/c1-26(2)20(27)15-23-21(24-16-22(10-6-11-22)12-14-28-3)25-18-9-13-29-19-8-5-4-7-17(18)19;/h4-5,7-8,18H,6,9-16H2,1-3H3,(H2,23,24,25);1H. The fourth-order valence-electron chi connectivity index (χ4n) is 3.88. The van der Waals surface area contributed by atoms with E-state index in [1.807, 2.05) is 18.2 Å². The number of hydrogen-bond donors (Lipinski definition) is 2. The fourth-order valence-corrected chi connectivity index (χ4v) is 3.88. The summed E-state index contributed by atoms with van der Waals surface area (Å²) in [6.45, 7) is 2.39. The molecule has 1 amide bonds. The van der Waals surface area contributed by atoms with Gasteiger partial charge in [-0.3, -0.25) is 4.79 Å². The van der Waals surface area contributed by atoms with Gasteiger partial charge in [0, 0.05) is 46.3 Å². The van der Waals surface area contributed by atoms with E-state index in [4.69, 9.17) is 9.47 Å². The first kappa shape index (κ1) is 24.7. The number of nitrogens with zero attached hydrogens (tertiary/aromatic N) is 2. The summed E-state index contributed by atoms with van der Waals surface area (Å²) < 4.78 is 11.1. The van der Waals surface area contributed by atoms with Crippen LogP contribution in [0.25, 0.3) is 0 Å². The third-order valence-corrected chi connectivity index (χ3v) is 6.02. The Morgan fingerprint density at radius 1 is 1.33 bits per heavy atom. The number of methoxy groups -OCH3 is 1. The van der Waals surface area contributed by atoms with E-state index in [9.17, 15) is 4.79 Å². The quantitative estimate of drug-likeness (QED) is 0.307. The Bertz CT molecular complexity index is 722. The molecular weight excluding hydrogens is 495 g/mol. The number of hydrogen-bond acceptors (Lipinski definition) is 4. The van der Waals surface area contributed by atoms with E-state index in [2.05, 4.69) is 21.7 Å². The molecule has 1 fully saturated rings. The van der Waals surface area contributed by atoms with Crippen molar-refractivity contribution in [2.24, 2.45) is 10.4 Å². The van der Waals surface area contributed by atoms with E-state index in [0.717, 1.165) is 37.3 Å². The molecule has 1 heterocycles. The van der Waals surface area contributed by atoms with Crippen molar-refractivity contribution in [2.75, 3.05) is 47.5 Å². The smallest absolute Gasteiger partial charge is 0.243 e. The third kappa shape index (κ3) is 6.47. The van der Waals surface area contributed by atoms with Gasteiger partial charge in [-0.15, -0.1) is 24.0 Å². The van der Waals surface area contributed by atoms with Gasteiger partial charge in [-0.25, -0.2) is 4.99 Å². The Morgan fingerprint density at radius 2 is 2.10 bits per heavy atom. The number of guanidine groups is 1. The Hall–Kier alpha value is -1.55. The molecule has 0 saturated heterocycles. The summed E-state index contributed by atoms with van der Waals surface area (Å²) in [7, 11) is 5.26. The van der Waals surface area contributed by atoms with Gasteiger partial charge in [-0.2, -0.15) is 0 Å². The molecule has 30 heavy (non-hydrogen) atoms. The van der Waals surface area contributed by atoms with Crippen LogP contribution >= 0.6 is 24.0 Å². The van der Waals surface area contributed by atoms with Crippen LogP contribution in [0.15, 0.2) is 29.3 Å². The van der Waals surface area contributed by atoms with Crippen LogP contribution in [0.5, 0.6) is 5.75 Å². The molecule has 2 aliphatic rings. The molecule has 7 nitrogen and oxygen atoms in total. The second-order valence-corrected chi connectivity index (χ2v) is 8.27. The van der Waals surface area contributed by atoms with Crippen molar-refractivity contribution in [1.29, 1.82) is 0 Å². The van der Waals surface area contributed by atoms with Gasteiger partial charge >= 0.3 is 0 Å². The zero-order valence-electron chi connectivity index (χ0n) is 18.3. The van der Waals surface area contributed by atoms with E-state index >= 15 is 0 Å². The largest absolute Gasteiger partial charge is 0.493 e. The van der Waals surface area contributed by atoms with Crippen molar-refractivity contribution in [3.8, 4) is 5.75 Å². The van der Waals surface area contributed by atoms with Crippen LogP contribution in [-0.4, -0.2) is 64.3 Å². The van der Waals surface area contributed by atoms with Crippen LogP contribution in [0.4, 0.5) is 0 Å². The van der Waals surface area contributed by atoms with Crippen molar-refractivity contribution >= 4 is 35.8 Å². The molecule has 1 aromatic carbocycles. The number of likely N-dealkylation sites (N-methyl/N-ethyl adjacent to an activating group) is 1. The van der Waals surface area contributed by atoms with Gasteiger partial charge in [-0.1, -0.05) is 24.6 Å². The number of halogens is 1. The first-order chi connectivity index (χ1) is 14.0. The Labute approximate surface area is 197 Å². The number of fused-ring (bicyclic) bond motifs is 1. The van der Waals surface area contributed by atoms with Gasteiger partial charge < -0.3 is 25.0 Å². The van der Waals surface area contributed by atoms with Gasteiger partial charge in [-0.05, 0) is 30.7 Å². The molecule has 1 aromatic rings. The molecule has 0 aromatic heterocycles. The highest BCUT2D eigenvalue weighted by Gasteiger charge is 2.36. The van der Waals surface area contributed by atoms with Crippen molar-refractivity contribution in [1.82, 2.24) is 15.5 Å². The molecule has 0 radical (unpaired) electrons. The third-order valence-electron chi connectivity index (χ3n) is 6.02. The molecular formula is C22H35IN4O3. The molecule has 3 rings (SSSR count). The molecule has 2 N–H and O–H groups in total. The molecule has 1 aliphatic carbocycles. The van der Waals surface area contributed by atoms with Gasteiger partial charge in [0.05, 0.1) is 12.6 Å². The average molecular weight is 530 g/mol. The number of carbonyl (C=O) groups is 1. The minimum atomic E-state index is -0.0174. The molecule has 1 unspecified atom stereocenters. The number of nitrogens with one attached hydrogen (secondary N) is 2. The first-order valence-corrected chi connectivity index (χ1v) is 10.5. The van der Waals surface area contributed by atoms with Crippen molar-refractivity contribution in [2.45, 2.75) is 38.1 Å². The maximum atomic E-state index is 12.1. The van der Waals surface area contributed by atoms with Crippen LogP contribution in [0.2, 0.25) is 0 Å². The highest BCUT2D eigenvalue weighted by molar-refractivity contribution is 14.0. The second kappa shape index (κ2) is 11.7. The molecule has 1 aliphatic heterocycles. The fraction of sp³-hybridized carbons (Fsp3) is 0.636. The lowest BCUT2D eigenvalue weighted by atomic mass is 9.67. The summed E-state index contributed by atoms with van der Waals surface area (Å²) in [5.74, 6) is 1.58. The number of para-hydroxylation sites is 1. The number of benzene rings is 1. The van der Waals surface area contributed by atoms with E-state index in [1.54, 1.807) is 26.1 Å². The van der Waals surface area contributed by atoms with Gasteiger partial charge in [0.2, 0.25) is 5.91 Å². The SMILES string of the molecule is COCCC1(CNC(=NCC(=O)N(C)C)NC2CCOc3ccccc32)CCC1.I.